The fourth-order valence-corrected chi connectivity index (χ4v) is 1.89. The van der Waals surface area contributed by atoms with Gasteiger partial charge in [0.1, 0.15) is 18.2 Å². The van der Waals surface area contributed by atoms with Crippen LogP contribution in [0.25, 0.3) is 0 Å². The molecular weight excluding hydrogens is 257 g/mol. The molecule has 0 aliphatic carbocycles. The highest BCUT2D eigenvalue weighted by Gasteiger charge is 2.06. The van der Waals surface area contributed by atoms with Crippen LogP contribution in [0.2, 0.25) is 0 Å². The molecule has 1 rings (SSSR count). The molecule has 0 saturated heterocycles. The number of rotatable bonds is 6. The summed E-state index contributed by atoms with van der Waals surface area (Å²) in [6.45, 7) is 1.84. The number of ether oxygens (including phenoxy) is 1. The highest BCUT2D eigenvalue weighted by atomic mass is 32.2. The van der Waals surface area contributed by atoms with E-state index in [-0.39, 0.29) is 18.4 Å². The lowest BCUT2D eigenvalue weighted by molar-refractivity contribution is 0.338. The van der Waals surface area contributed by atoms with E-state index in [2.05, 4.69) is 0 Å². The lowest BCUT2D eigenvalue weighted by atomic mass is 10.1. The van der Waals surface area contributed by atoms with E-state index >= 15 is 0 Å². The molecule has 0 amide bonds. The Hall–Kier alpha value is -1.14. The number of hydrogen-bond donors (Lipinski definition) is 1. The molecule has 1 atom stereocenters. The van der Waals surface area contributed by atoms with Crippen molar-refractivity contribution in [3.05, 3.63) is 29.6 Å². The molecule has 1 aromatic carbocycles. The molecule has 0 heterocycles. The van der Waals surface area contributed by atoms with Crippen LogP contribution >= 0.6 is 0 Å². The molecule has 0 fully saturated rings. The Kier molecular flexibility index (Phi) is 5.10. The van der Waals surface area contributed by atoms with Crippen molar-refractivity contribution < 1.29 is 17.5 Å². The number of benzene rings is 1. The van der Waals surface area contributed by atoms with Crippen LogP contribution in [0.4, 0.5) is 4.39 Å². The van der Waals surface area contributed by atoms with Crippen LogP contribution in [0, 0.1) is 5.82 Å². The summed E-state index contributed by atoms with van der Waals surface area (Å²) in [5, 5.41) is 0. The molecule has 0 bridgehead atoms. The predicted octanol–water partition coefficient (Wildman–Crippen LogP) is 1.14. The first-order valence-electron chi connectivity index (χ1n) is 5.62. The van der Waals surface area contributed by atoms with Crippen molar-refractivity contribution in [3.8, 4) is 5.75 Å². The van der Waals surface area contributed by atoms with E-state index < -0.39 is 15.7 Å². The highest BCUT2D eigenvalue weighted by Crippen LogP contribution is 2.17. The van der Waals surface area contributed by atoms with Crippen molar-refractivity contribution in [2.45, 2.75) is 19.4 Å². The summed E-state index contributed by atoms with van der Waals surface area (Å²) in [6.07, 6.45) is 1.67. The Morgan fingerprint density at radius 3 is 2.61 bits per heavy atom. The number of nitrogens with two attached hydrogens (primary N) is 1. The maximum absolute atomic E-state index is 13.3. The minimum Gasteiger partial charge on any atom is -0.492 e. The van der Waals surface area contributed by atoms with Gasteiger partial charge in [0.05, 0.1) is 5.75 Å². The van der Waals surface area contributed by atoms with Gasteiger partial charge in [0.2, 0.25) is 0 Å². The van der Waals surface area contributed by atoms with Crippen LogP contribution < -0.4 is 10.5 Å². The lowest BCUT2D eigenvalue weighted by Crippen LogP contribution is -2.18. The molecule has 0 aromatic heterocycles. The number of halogens is 1. The highest BCUT2D eigenvalue weighted by molar-refractivity contribution is 7.90. The molecular formula is C12H18FNO3S. The third kappa shape index (κ3) is 5.97. The molecule has 6 heteroatoms. The quantitative estimate of drug-likeness (QED) is 0.845. The molecule has 18 heavy (non-hydrogen) atoms. The van der Waals surface area contributed by atoms with Gasteiger partial charge in [0, 0.05) is 18.4 Å². The molecule has 1 aromatic rings. The van der Waals surface area contributed by atoms with Gasteiger partial charge in [-0.1, -0.05) is 0 Å². The Labute approximate surface area is 107 Å². The number of hydrogen-bond acceptors (Lipinski definition) is 4. The normalized spacial score (nSPS) is 13.3. The van der Waals surface area contributed by atoms with Crippen LogP contribution in [0.3, 0.4) is 0 Å². The molecule has 1 unspecified atom stereocenters. The first-order chi connectivity index (χ1) is 8.26. The fraction of sp³-hybridized carbons (Fsp3) is 0.500. The molecule has 102 valence electrons. The summed E-state index contributed by atoms with van der Waals surface area (Å²) in [4.78, 5) is 0. The van der Waals surface area contributed by atoms with Gasteiger partial charge in [-0.05, 0) is 31.0 Å². The third-order valence-electron chi connectivity index (χ3n) is 2.21. The minimum absolute atomic E-state index is 0.0138. The van der Waals surface area contributed by atoms with Gasteiger partial charge in [0.25, 0.3) is 0 Å². The van der Waals surface area contributed by atoms with E-state index in [4.69, 9.17) is 10.5 Å². The fourth-order valence-electron chi connectivity index (χ4n) is 1.50. The molecule has 0 saturated carbocycles. The molecule has 0 aliphatic rings. The summed E-state index contributed by atoms with van der Waals surface area (Å²) >= 11 is 0. The summed E-state index contributed by atoms with van der Waals surface area (Å²) in [7, 11) is -3.07. The standard InChI is InChI=1S/C12H18FNO3S/c1-9(14)5-10-6-11(13)8-12(7-10)17-3-4-18(2,15)16/h6-9H,3-5,14H2,1-2H3. The smallest absolute Gasteiger partial charge is 0.150 e. The first-order valence-corrected chi connectivity index (χ1v) is 7.68. The second-order valence-corrected chi connectivity index (χ2v) is 6.71. The van der Waals surface area contributed by atoms with Crippen LogP contribution in [0.5, 0.6) is 5.75 Å². The van der Waals surface area contributed by atoms with E-state index in [1.165, 1.54) is 12.1 Å². The Morgan fingerprint density at radius 2 is 2.06 bits per heavy atom. The van der Waals surface area contributed by atoms with E-state index in [0.717, 1.165) is 11.8 Å². The van der Waals surface area contributed by atoms with Crippen LogP contribution in [-0.2, 0) is 16.3 Å². The van der Waals surface area contributed by atoms with Gasteiger partial charge in [-0.25, -0.2) is 12.8 Å². The minimum atomic E-state index is -3.07. The van der Waals surface area contributed by atoms with Crippen LogP contribution in [-0.4, -0.2) is 33.1 Å². The second kappa shape index (κ2) is 6.15. The average Bonchev–Trinajstić information content (AvgIpc) is 2.12. The van der Waals surface area contributed by atoms with Gasteiger partial charge in [-0.2, -0.15) is 0 Å². The van der Waals surface area contributed by atoms with Crippen LogP contribution in [0.1, 0.15) is 12.5 Å². The lowest BCUT2D eigenvalue weighted by Gasteiger charge is -2.09. The van der Waals surface area contributed by atoms with Crippen molar-refractivity contribution in [2.24, 2.45) is 5.73 Å². The zero-order chi connectivity index (χ0) is 13.8. The Bertz CT molecular complexity index is 500. The molecule has 0 radical (unpaired) electrons. The summed E-state index contributed by atoms with van der Waals surface area (Å²) in [5.74, 6) is -0.177. The molecule has 0 aliphatic heterocycles. The maximum Gasteiger partial charge on any atom is 0.150 e. The Balaban J connectivity index is 2.68. The average molecular weight is 275 g/mol. The van der Waals surface area contributed by atoms with Crippen molar-refractivity contribution in [3.63, 3.8) is 0 Å². The van der Waals surface area contributed by atoms with E-state index in [0.29, 0.717) is 12.2 Å². The number of sulfone groups is 1. The van der Waals surface area contributed by atoms with Crippen molar-refractivity contribution in [1.29, 1.82) is 0 Å². The molecule has 0 spiro atoms. The van der Waals surface area contributed by atoms with Gasteiger partial charge >= 0.3 is 0 Å². The van der Waals surface area contributed by atoms with E-state index in [9.17, 15) is 12.8 Å². The first kappa shape index (κ1) is 14.9. The zero-order valence-electron chi connectivity index (χ0n) is 10.5. The predicted molar refractivity (Wildman–Crippen MR) is 69.0 cm³/mol. The van der Waals surface area contributed by atoms with Gasteiger partial charge in [0.15, 0.2) is 9.84 Å². The summed E-state index contributed by atoms with van der Waals surface area (Å²) in [5.41, 5.74) is 6.37. The van der Waals surface area contributed by atoms with Crippen molar-refractivity contribution >= 4 is 9.84 Å². The largest absolute Gasteiger partial charge is 0.492 e. The Morgan fingerprint density at radius 1 is 1.39 bits per heavy atom. The monoisotopic (exact) mass is 275 g/mol. The van der Waals surface area contributed by atoms with Crippen molar-refractivity contribution in [2.75, 3.05) is 18.6 Å². The van der Waals surface area contributed by atoms with E-state index in [1.54, 1.807) is 6.07 Å². The SMILES string of the molecule is CC(N)Cc1cc(F)cc(OCCS(C)(=O)=O)c1. The van der Waals surface area contributed by atoms with Crippen LogP contribution in [0.15, 0.2) is 18.2 Å². The molecule has 2 N–H and O–H groups in total. The summed E-state index contributed by atoms with van der Waals surface area (Å²) in [6, 6.07) is 4.23. The topological polar surface area (TPSA) is 69.4 Å². The van der Waals surface area contributed by atoms with Gasteiger partial charge < -0.3 is 10.5 Å². The van der Waals surface area contributed by atoms with Crippen molar-refractivity contribution in [1.82, 2.24) is 0 Å². The van der Waals surface area contributed by atoms with Gasteiger partial charge in [-0.15, -0.1) is 0 Å². The zero-order valence-corrected chi connectivity index (χ0v) is 11.3. The summed E-state index contributed by atoms with van der Waals surface area (Å²) < 4.78 is 40.4. The van der Waals surface area contributed by atoms with E-state index in [1.807, 2.05) is 6.92 Å². The van der Waals surface area contributed by atoms with Gasteiger partial charge in [-0.3, -0.25) is 0 Å². The third-order valence-corrected chi connectivity index (χ3v) is 3.12. The second-order valence-electron chi connectivity index (χ2n) is 4.45. The molecule has 4 nitrogen and oxygen atoms in total. The maximum atomic E-state index is 13.3.